The van der Waals surface area contributed by atoms with Gasteiger partial charge in [0.15, 0.2) is 0 Å². The molecule has 1 heterocycles. The summed E-state index contributed by atoms with van der Waals surface area (Å²) in [7, 11) is 0. The smallest absolute Gasteiger partial charge is 0.124 e. The summed E-state index contributed by atoms with van der Waals surface area (Å²) in [5, 5.41) is 7.05. The van der Waals surface area contributed by atoms with Crippen LogP contribution in [0.1, 0.15) is 24.0 Å². The Kier molecular flexibility index (Phi) is 5.46. The maximum absolute atomic E-state index is 6.01. The first-order chi connectivity index (χ1) is 10.9. The number of ether oxygens (including phenoxy) is 1. The van der Waals surface area contributed by atoms with Crippen molar-refractivity contribution < 1.29 is 4.74 Å². The Hall–Kier alpha value is -1.84. The summed E-state index contributed by atoms with van der Waals surface area (Å²) in [6.07, 6.45) is 2.40. The van der Waals surface area contributed by atoms with Crippen molar-refractivity contribution in [1.29, 1.82) is 0 Å². The zero-order valence-corrected chi connectivity index (χ0v) is 12.9. The van der Waals surface area contributed by atoms with Crippen molar-refractivity contribution in [2.75, 3.05) is 13.1 Å². The molecule has 1 saturated heterocycles. The third-order valence-electron chi connectivity index (χ3n) is 4.13. The van der Waals surface area contributed by atoms with Crippen LogP contribution in [0.2, 0.25) is 0 Å². The molecule has 0 aromatic heterocycles. The van der Waals surface area contributed by atoms with Crippen LogP contribution in [-0.4, -0.2) is 19.1 Å². The maximum Gasteiger partial charge on any atom is 0.124 e. The van der Waals surface area contributed by atoms with E-state index in [9.17, 15) is 0 Å². The van der Waals surface area contributed by atoms with E-state index in [4.69, 9.17) is 4.74 Å². The van der Waals surface area contributed by atoms with Gasteiger partial charge in [-0.15, -0.1) is 0 Å². The molecule has 0 bridgehead atoms. The van der Waals surface area contributed by atoms with Crippen molar-refractivity contribution in [3.8, 4) is 5.75 Å². The number of benzene rings is 2. The summed E-state index contributed by atoms with van der Waals surface area (Å²) in [6, 6.07) is 19.2. The van der Waals surface area contributed by atoms with E-state index >= 15 is 0 Å². The molecule has 1 aliphatic rings. The molecule has 2 N–H and O–H groups in total. The Morgan fingerprint density at radius 1 is 0.955 bits per heavy atom. The molecule has 116 valence electrons. The summed E-state index contributed by atoms with van der Waals surface area (Å²) in [5.41, 5.74) is 2.43. The lowest BCUT2D eigenvalue weighted by Gasteiger charge is -2.24. The van der Waals surface area contributed by atoms with E-state index in [1.165, 1.54) is 24.0 Å². The van der Waals surface area contributed by atoms with Gasteiger partial charge in [0.05, 0.1) is 0 Å². The Morgan fingerprint density at radius 2 is 1.68 bits per heavy atom. The maximum atomic E-state index is 6.01. The number of rotatable bonds is 6. The molecule has 3 rings (SSSR count). The number of nitrogens with one attached hydrogen (secondary N) is 2. The fourth-order valence-corrected chi connectivity index (χ4v) is 2.81. The summed E-state index contributed by atoms with van der Waals surface area (Å²) < 4.78 is 6.01. The lowest BCUT2D eigenvalue weighted by molar-refractivity contribution is 0.300. The van der Waals surface area contributed by atoms with Crippen molar-refractivity contribution in [1.82, 2.24) is 10.6 Å². The van der Waals surface area contributed by atoms with Crippen molar-refractivity contribution >= 4 is 0 Å². The fraction of sp³-hybridized carbons (Fsp3) is 0.368. The molecule has 0 saturated carbocycles. The minimum Gasteiger partial charge on any atom is -0.489 e. The van der Waals surface area contributed by atoms with Crippen LogP contribution >= 0.6 is 0 Å². The molecule has 0 unspecified atom stereocenters. The number of piperidine rings is 1. The largest absolute Gasteiger partial charge is 0.489 e. The van der Waals surface area contributed by atoms with Gasteiger partial charge in [0, 0.05) is 18.2 Å². The second-order valence-corrected chi connectivity index (χ2v) is 5.79. The van der Waals surface area contributed by atoms with Gasteiger partial charge in [-0.1, -0.05) is 48.5 Å². The van der Waals surface area contributed by atoms with Crippen LogP contribution in [0.4, 0.5) is 0 Å². The van der Waals surface area contributed by atoms with Crippen LogP contribution in [0.25, 0.3) is 0 Å². The highest BCUT2D eigenvalue weighted by Crippen LogP contribution is 2.20. The van der Waals surface area contributed by atoms with E-state index in [0.29, 0.717) is 12.6 Å². The van der Waals surface area contributed by atoms with Crippen LogP contribution in [0.3, 0.4) is 0 Å². The normalized spacial score (nSPS) is 15.6. The van der Waals surface area contributed by atoms with Crippen LogP contribution < -0.4 is 15.4 Å². The van der Waals surface area contributed by atoms with Gasteiger partial charge in [-0.05, 0) is 37.6 Å². The van der Waals surface area contributed by atoms with Gasteiger partial charge in [-0.2, -0.15) is 0 Å². The van der Waals surface area contributed by atoms with Gasteiger partial charge in [0.1, 0.15) is 12.4 Å². The highest BCUT2D eigenvalue weighted by atomic mass is 16.5. The molecular formula is C19H24N2O. The standard InChI is InChI=1S/C19H24N2O/c1-2-6-16(7-3-1)15-22-19-9-5-4-8-17(19)14-21-18-10-12-20-13-11-18/h1-9,18,20-21H,10-15H2. The molecule has 0 amide bonds. The van der Waals surface area contributed by atoms with Gasteiger partial charge in [-0.3, -0.25) is 0 Å². The number of hydrogen-bond donors (Lipinski definition) is 2. The Balaban J connectivity index is 1.57. The summed E-state index contributed by atoms with van der Waals surface area (Å²) in [5.74, 6) is 0.979. The highest BCUT2D eigenvalue weighted by Gasteiger charge is 2.13. The van der Waals surface area contributed by atoms with E-state index in [-0.39, 0.29) is 0 Å². The average Bonchev–Trinajstić information content (AvgIpc) is 2.61. The summed E-state index contributed by atoms with van der Waals surface area (Å²) in [4.78, 5) is 0. The zero-order valence-electron chi connectivity index (χ0n) is 12.9. The van der Waals surface area contributed by atoms with E-state index in [2.05, 4.69) is 41.0 Å². The van der Waals surface area contributed by atoms with E-state index in [1.54, 1.807) is 0 Å². The topological polar surface area (TPSA) is 33.3 Å². The molecule has 0 aliphatic carbocycles. The molecule has 22 heavy (non-hydrogen) atoms. The van der Waals surface area contributed by atoms with E-state index in [1.807, 2.05) is 24.3 Å². The average molecular weight is 296 g/mol. The van der Waals surface area contributed by atoms with Crippen LogP contribution in [0.5, 0.6) is 5.75 Å². The Morgan fingerprint density at radius 3 is 2.50 bits per heavy atom. The lowest BCUT2D eigenvalue weighted by atomic mass is 10.1. The zero-order chi connectivity index (χ0) is 15.0. The van der Waals surface area contributed by atoms with Gasteiger partial charge in [0.2, 0.25) is 0 Å². The van der Waals surface area contributed by atoms with Crippen molar-refractivity contribution in [3.63, 3.8) is 0 Å². The fourth-order valence-electron chi connectivity index (χ4n) is 2.81. The first-order valence-corrected chi connectivity index (χ1v) is 8.10. The predicted octanol–water partition coefficient (Wildman–Crippen LogP) is 3.11. The number of hydrogen-bond acceptors (Lipinski definition) is 3. The third-order valence-corrected chi connectivity index (χ3v) is 4.13. The van der Waals surface area contributed by atoms with Gasteiger partial charge >= 0.3 is 0 Å². The molecular weight excluding hydrogens is 272 g/mol. The first-order valence-electron chi connectivity index (χ1n) is 8.10. The lowest BCUT2D eigenvalue weighted by Crippen LogP contribution is -2.39. The molecule has 0 spiro atoms. The van der Waals surface area contributed by atoms with Crippen LogP contribution in [-0.2, 0) is 13.2 Å². The second-order valence-electron chi connectivity index (χ2n) is 5.79. The molecule has 0 radical (unpaired) electrons. The molecule has 0 atom stereocenters. The Bertz CT molecular complexity index is 565. The minimum atomic E-state index is 0.614. The van der Waals surface area contributed by atoms with Gasteiger partial charge < -0.3 is 15.4 Å². The molecule has 1 aliphatic heterocycles. The van der Waals surface area contributed by atoms with Crippen molar-refractivity contribution in [3.05, 3.63) is 65.7 Å². The minimum absolute atomic E-state index is 0.614. The first kappa shape index (κ1) is 15.1. The molecule has 2 aromatic rings. The van der Waals surface area contributed by atoms with E-state index in [0.717, 1.165) is 25.4 Å². The molecule has 1 fully saturated rings. The van der Waals surface area contributed by atoms with Crippen LogP contribution in [0.15, 0.2) is 54.6 Å². The number of para-hydroxylation sites is 1. The molecule has 3 nitrogen and oxygen atoms in total. The summed E-state index contributed by atoms with van der Waals surface area (Å²) >= 11 is 0. The highest BCUT2D eigenvalue weighted by molar-refractivity contribution is 5.33. The van der Waals surface area contributed by atoms with Gasteiger partial charge in [0.25, 0.3) is 0 Å². The van der Waals surface area contributed by atoms with Crippen molar-refractivity contribution in [2.24, 2.45) is 0 Å². The second kappa shape index (κ2) is 7.97. The molecule has 3 heteroatoms. The quantitative estimate of drug-likeness (QED) is 0.859. The van der Waals surface area contributed by atoms with Crippen LogP contribution in [0, 0.1) is 0 Å². The van der Waals surface area contributed by atoms with Gasteiger partial charge in [-0.25, -0.2) is 0 Å². The predicted molar refractivity (Wildman–Crippen MR) is 89.9 cm³/mol. The molecule has 2 aromatic carbocycles. The third kappa shape index (κ3) is 4.33. The summed E-state index contributed by atoms with van der Waals surface area (Å²) in [6.45, 7) is 3.72. The monoisotopic (exact) mass is 296 g/mol. The SMILES string of the molecule is c1ccc(COc2ccccc2CNC2CCNCC2)cc1. The van der Waals surface area contributed by atoms with E-state index < -0.39 is 0 Å². The van der Waals surface area contributed by atoms with Crippen molar-refractivity contribution in [2.45, 2.75) is 32.0 Å². The Labute approximate surface area is 132 Å².